The summed E-state index contributed by atoms with van der Waals surface area (Å²) in [6.07, 6.45) is -4.77. The van der Waals surface area contributed by atoms with Crippen molar-refractivity contribution in [2.75, 3.05) is 13.7 Å². The molecule has 1 aliphatic heterocycles. The van der Waals surface area contributed by atoms with Gasteiger partial charge in [-0.05, 0) is 0 Å². The summed E-state index contributed by atoms with van der Waals surface area (Å²) in [4.78, 5) is 10.8. The lowest BCUT2D eigenvalue weighted by atomic mass is 10.00. The Hall–Kier alpha value is -0.690. The second-order valence-electron chi connectivity index (χ2n) is 2.79. The van der Waals surface area contributed by atoms with Gasteiger partial charge in [-0.2, -0.15) is 0 Å². The number of aliphatic hydroxyl groups is 3. The van der Waals surface area contributed by atoms with Gasteiger partial charge in [0.15, 0.2) is 12.2 Å². The number of hydrogen-bond donors (Lipinski definition) is 3. The van der Waals surface area contributed by atoms with Gasteiger partial charge in [-0.3, -0.25) is 0 Å². The fraction of sp³-hybridized carbons (Fsp3) is 0.857. The summed E-state index contributed by atoms with van der Waals surface area (Å²) in [6, 6.07) is 0. The maximum atomic E-state index is 10.8. The Balaban J connectivity index is 2.74. The van der Waals surface area contributed by atoms with Gasteiger partial charge in [0.25, 0.3) is 0 Å². The molecule has 1 rings (SSSR count). The van der Waals surface area contributed by atoms with E-state index in [2.05, 4.69) is 4.74 Å². The van der Waals surface area contributed by atoms with Crippen molar-refractivity contribution in [2.45, 2.75) is 24.4 Å². The van der Waals surface area contributed by atoms with Gasteiger partial charge < -0.3 is 24.8 Å². The normalized spacial score (nSPS) is 40.2. The summed E-state index contributed by atoms with van der Waals surface area (Å²) in [5.74, 6) is -0.945. The van der Waals surface area contributed by atoms with Gasteiger partial charge in [-0.15, -0.1) is 0 Å². The van der Waals surface area contributed by atoms with Crippen molar-refractivity contribution >= 4 is 5.97 Å². The Bertz CT molecular complexity index is 191. The molecule has 1 heterocycles. The standard InChI is InChI=1S/C7H12O6/c1-12-6-3(2-8)13-7(11)5(10)4(6)9/h3-6,8-10H,2H2,1H3. The zero-order chi connectivity index (χ0) is 10.0. The Morgan fingerprint density at radius 2 is 2.15 bits per heavy atom. The third-order valence-electron chi connectivity index (χ3n) is 1.99. The summed E-state index contributed by atoms with van der Waals surface area (Å²) < 4.78 is 9.38. The number of carbonyl (C=O) groups is 1. The molecular weight excluding hydrogens is 180 g/mol. The molecule has 0 spiro atoms. The number of carbonyl (C=O) groups excluding carboxylic acids is 1. The monoisotopic (exact) mass is 192 g/mol. The molecule has 0 saturated carbocycles. The molecule has 0 radical (unpaired) electrons. The van der Waals surface area contributed by atoms with E-state index in [9.17, 15) is 9.90 Å². The van der Waals surface area contributed by atoms with Crippen molar-refractivity contribution < 1.29 is 29.6 Å². The first-order valence-electron chi connectivity index (χ1n) is 3.82. The molecule has 0 bridgehead atoms. The van der Waals surface area contributed by atoms with Crippen molar-refractivity contribution in [1.82, 2.24) is 0 Å². The summed E-state index contributed by atoms with van der Waals surface area (Å²) in [7, 11) is 1.29. The summed E-state index contributed by atoms with van der Waals surface area (Å²) >= 11 is 0. The van der Waals surface area contributed by atoms with Crippen LogP contribution in [0.4, 0.5) is 0 Å². The molecule has 3 N–H and O–H groups in total. The minimum atomic E-state index is -1.60. The van der Waals surface area contributed by atoms with Gasteiger partial charge in [-0.1, -0.05) is 0 Å². The topological polar surface area (TPSA) is 96.2 Å². The fourth-order valence-corrected chi connectivity index (χ4v) is 1.26. The van der Waals surface area contributed by atoms with Gasteiger partial charge in [0.2, 0.25) is 0 Å². The minimum Gasteiger partial charge on any atom is -0.455 e. The molecule has 0 aromatic carbocycles. The van der Waals surface area contributed by atoms with Crippen molar-refractivity contribution in [1.29, 1.82) is 0 Å². The molecule has 76 valence electrons. The highest BCUT2D eigenvalue weighted by molar-refractivity contribution is 5.76. The second-order valence-corrected chi connectivity index (χ2v) is 2.79. The molecule has 0 aromatic heterocycles. The quantitative estimate of drug-likeness (QED) is 0.423. The molecule has 6 heteroatoms. The fourth-order valence-electron chi connectivity index (χ4n) is 1.26. The molecule has 4 atom stereocenters. The van der Waals surface area contributed by atoms with Crippen LogP contribution in [-0.2, 0) is 14.3 Å². The number of esters is 1. The molecule has 4 unspecified atom stereocenters. The Morgan fingerprint density at radius 1 is 1.54 bits per heavy atom. The zero-order valence-corrected chi connectivity index (χ0v) is 7.08. The summed E-state index contributed by atoms with van der Waals surface area (Å²) in [5, 5.41) is 27.2. The van der Waals surface area contributed by atoms with Crippen molar-refractivity contribution in [2.24, 2.45) is 0 Å². The van der Waals surface area contributed by atoms with Crippen molar-refractivity contribution in [3.8, 4) is 0 Å². The maximum Gasteiger partial charge on any atom is 0.338 e. The molecule has 0 aromatic rings. The van der Waals surface area contributed by atoms with E-state index in [1.807, 2.05) is 0 Å². The molecule has 0 aliphatic carbocycles. The third-order valence-corrected chi connectivity index (χ3v) is 1.99. The van der Waals surface area contributed by atoms with Crippen LogP contribution in [0.3, 0.4) is 0 Å². The van der Waals surface area contributed by atoms with Gasteiger partial charge in [-0.25, -0.2) is 4.79 Å². The second kappa shape index (κ2) is 4.01. The highest BCUT2D eigenvalue weighted by Crippen LogP contribution is 2.18. The van der Waals surface area contributed by atoms with E-state index in [1.165, 1.54) is 7.11 Å². The number of cyclic esters (lactones) is 1. The molecule has 6 nitrogen and oxygen atoms in total. The highest BCUT2D eigenvalue weighted by atomic mass is 16.6. The van der Waals surface area contributed by atoms with E-state index < -0.39 is 37.0 Å². The summed E-state index contributed by atoms with van der Waals surface area (Å²) in [6.45, 7) is -0.450. The van der Waals surface area contributed by atoms with Crippen LogP contribution in [0.5, 0.6) is 0 Å². The Morgan fingerprint density at radius 3 is 2.62 bits per heavy atom. The predicted octanol–water partition coefficient (Wildman–Crippen LogP) is -2.36. The third kappa shape index (κ3) is 1.80. The average molecular weight is 192 g/mol. The predicted molar refractivity (Wildman–Crippen MR) is 39.8 cm³/mol. The van der Waals surface area contributed by atoms with E-state index in [0.717, 1.165) is 0 Å². The Kier molecular flexibility index (Phi) is 3.21. The molecule has 13 heavy (non-hydrogen) atoms. The van der Waals surface area contributed by atoms with Crippen LogP contribution >= 0.6 is 0 Å². The number of methoxy groups -OCH3 is 1. The van der Waals surface area contributed by atoms with Crippen LogP contribution in [0.15, 0.2) is 0 Å². The number of rotatable bonds is 2. The van der Waals surface area contributed by atoms with E-state index in [0.29, 0.717) is 0 Å². The number of ether oxygens (including phenoxy) is 2. The molecular formula is C7H12O6. The van der Waals surface area contributed by atoms with Crippen LogP contribution in [0, 0.1) is 0 Å². The lowest BCUT2D eigenvalue weighted by Crippen LogP contribution is -2.57. The summed E-state index contributed by atoms with van der Waals surface area (Å²) in [5.41, 5.74) is 0. The lowest BCUT2D eigenvalue weighted by Gasteiger charge is -2.35. The van der Waals surface area contributed by atoms with Crippen LogP contribution in [0.1, 0.15) is 0 Å². The van der Waals surface area contributed by atoms with Gasteiger partial charge in [0.05, 0.1) is 6.61 Å². The van der Waals surface area contributed by atoms with E-state index in [-0.39, 0.29) is 0 Å². The van der Waals surface area contributed by atoms with Crippen LogP contribution in [-0.4, -0.2) is 59.4 Å². The largest absolute Gasteiger partial charge is 0.455 e. The molecule has 1 aliphatic rings. The number of aliphatic hydroxyl groups excluding tert-OH is 3. The number of hydrogen-bond acceptors (Lipinski definition) is 6. The Labute approximate surface area is 74.7 Å². The van der Waals surface area contributed by atoms with Crippen LogP contribution in [0.2, 0.25) is 0 Å². The lowest BCUT2D eigenvalue weighted by molar-refractivity contribution is -0.211. The first kappa shape index (κ1) is 10.4. The highest BCUT2D eigenvalue weighted by Gasteiger charge is 2.44. The molecule has 1 saturated heterocycles. The van der Waals surface area contributed by atoms with Gasteiger partial charge in [0.1, 0.15) is 12.2 Å². The first-order chi connectivity index (χ1) is 6.11. The van der Waals surface area contributed by atoms with E-state index in [1.54, 1.807) is 0 Å². The van der Waals surface area contributed by atoms with E-state index >= 15 is 0 Å². The maximum absolute atomic E-state index is 10.8. The minimum absolute atomic E-state index is 0.450. The van der Waals surface area contributed by atoms with Crippen LogP contribution in [0.25, 0.3) is 0 Å². The smallest absolute Gasteiger partial charge is 0.338 e. The zero-order valence-electron chi connectivity index (χ0n) is 7.08. The SMILES string of the molecule is COC1C(CO)OC(=O)C(O)C1O. The first-order valence-corrected chi connectivity index (χ1v) is 3.82. The van der Waals surface area contributed by atoms with Crippen molar-refractivity contribution in [3.05, 3.63) is 0 Å². The van der Waals surface area contributed by atoms with Crippen LogP contribution < -0.4 is 0 Å². The molecule has 1 fully saturated rings. The van der Waals surface area contributed by atoms with Gasteiger partial charge >= 0.3 is 5.97 Å². The van der Waals surface area contributed by atoms with E-state index in [4.69, 9.17) is 14.9 Å². The molecule has 0 amide bonds. The van der Waals surface area contributed by atoms with Crippen molar-refractivity contribution in [3.63, 3.8) is 0 Å². The van der Waals surface area contributed by atoms with Gasteiger partial charge in [0, 0.05) is 7.11 Å². The average Bonchev–Trinajstić information content (AvgIpc) is 2.13.